The lowest BCUT2D eigenvalue weighted by molar-refractivity contribution is 0.204. The topological polar surface area (TPSA) is 109 Å². The third-order valence-electron chi connectivity index (χ3n) is 4.90. The van der Waals surface area contributed by atoms with Crippen molar-refractivity contribution in [2.24, 2.45) is 0 Å². The molecule has 2 rings (SSSR count). The summed E-state index contributed by atoms with van der Waals surface area (Å²) >= 11 is 0. The standard InChI is InChI=1S/C24H33NO8S/c1-23(2,3)16-11-10-12-17(24(4,5)6)20(16)32-22(26)25-34(27,28)33-21-18(30-8)13-15(29-7)14-19(21)31-9/h10-14H,1-9H3,(H,25,26). The van der Waals surface area contributed by atoms with Crippen LogP contribution in [0.3, 0.4) is 0 Å². The van der Waals surface area contributed by atoms with Crippen molar-refractivity contribution in [2.75, 3.05) is 21.3 Å². The molecule has 34 heavy (non-hydrogen) atoms. The molecule has 0 saturated heterocycles. The van der Waals surface area contributed by atoms with Gasteiger partial charge in [-0.15, -0.1) is 0 Å². The molecule has 0 bridgehead atoms. The van der Waals surface area contributed by atoms with Crippen LogP contribution in [0.1, 0.15) is 52.7 Å². The van der Waals surface area contributed by atoms with Gasteiger partial charge in [0.2, 0.25) is 5.75 Å². The zero-order chi connectivity index (χ0) is 25.9. The highest BCUT2D eigenvalue weighted by atomic mass is 32.2. The quantitative estimate of drug-likeness (QED) is 0.588. The van der Waals surface area contributed by atoms with Crippen LogP contribution in [-0.2, 0) is 21.1 Å². The lowest BCUT2D eigenvalue weighted by Crippen LogP contribution is -2.37. The molecule has 0 fully saturated rings. The number of ether oxygens (including phenoxy) is 4. The molecule has 0 unspecified atom stereocenters. The SMILES string of the molecule is COc1cc(OC)c(OS(=O)(=O)NC(=O)Oc2c(C(C)(C)C)cccc2C(C)(C)C)c(OC)c1. The number of amides is 1. The van der Waals surface area contributed by atoms with Gasteiger partial charge in [-0.05, 0) is 10.8 Å². The zero-order valence-corrected chi connectivity index (χ0v) is 21.9. The van der Waals surface area contributed by atoms with Gasteiger partial charge in [0, 0.05) is 23.3 Å². The van der Waals surface area contributed by atoms with Gasteiger partial charge in [-0.25, -0.2) is 4.79 Å². The molecule has 0 atom stereocenters. The van der Waals surface area contributed by atoms with E-state index in [1.165, 1.54) is 33.5 Å². The molecule has 9 nitrogen and oxygen atoms in total. The van der Waals surface area contributed by atoms with Crippen LogP contribution in [-0.4, -0.2) is 35.8 Å². The van der Waals surface area contributed by atoms with Crippen molar-refractivity contribution in [1.29, 1.82) is 0 Å². The summed E-state index contributed by atoms with van der Waals surface area (Å²) in [4.78, 5) is 12.7. The highest BCUT2D eigenvalue weighted by Gasteiger charge is 2.30. The molecule has 0 heterocycles. The number of para-hydroxylation sites is 1. The lowest BCUT2D eigenvalue weighted by Gasteiger charge is -2.28. The first-order valence-corrected chi connectivity index (χ1v) is 11.9. The highest BCUT2D eigenvalue weighted by Crippen LogP contribution is 2.42. The van der Waals surface area contributed by atoms with Crippen molar-refractivity contribution in [2.45, 2.75) is 52.4 Å². The molecule has 0 radical (unpaired) electrons. The van der Waals surface area contributed by atoms with Crippen LogP contribution in [0.15, 0.2) is 30.3 Å². The first-order chi connectivity index (χ1) is 15.6. The van der Waals surface area contributed by atoms with E-state index in [0.29, 0.717) is 11.5 Å². The Morgan fingerprint density at radius 1 is 0.794 bits per heavy atom. The molecule has 10 heteroatoms. The Balaban J connectivity index is 2.38. The van der Waals surface area contributed by atoms with E-state index in [-0.39, 0.29) is 28.1 Å². The van der Waals surface area contributed by atoms with Crippen molar-refractivity contribution >= 4 is 16.4 Å². The number of hydrogen-bond donors (Lipinski definition) is 1. The van der Waals surface area contributed by atoms with Gasteiger partial charge < -0.3 is 23.1 Å². The van der Waals surface area contributed by atoms with E-state index in [4.69, 9.17) is 23.1 Å². The van der Waals surface area contributed by atoms with Crippen molar-refractivity contribution in [3.63, 3.8) is 0 Å². The third-order valence-corrected chi connectivity index (χ3v) is 5.70. The number of methoxy groups -OCH3 is 3. The van der Waals surface area contributed by atoms with Gasteiger partial charge in [0.05, 0.1) is 21.3 Å². The second kappa shape index (κ2) is 10.0. The van der Waals surface area contributed by atoms with Gasteiger partial charge >= 0.3 is 16.4 Å². The van der Waals surface area contributed by atoms with E-state index in [0.717, 1.165) is 11.1 Å². The maximum atomic E-state index is 12.7. The molecule has 1 N–H and O–H groups in total. The summed E-state index contributed by atoms with van der Waals surface area (Å²) in [6, 6.07) is 8.40. The summed E-state index contributed by atoms with van der Waals surface area (Å²) in [5.41, 5.74) is 0.783. The van der Waals surface area contributed by atoms with Crippen molar-refractivity contribution in [3.8, 4) is 28.7 Å². The lowest BCUT2D eigenvalue weighted by atomic mass is 9.79. The number of rotatable bonds is 7. The number of carbonyl (C=O) groups excluding carboxylic acids is 1. The molecule has 0 saturated carbocycles. The van der Waals surface area contributed by atoms with E-state index in [9.17, 15) is 13.2 Å². The smallest absolute Gasteiger partial charge is 0.429 e. The van der Waals surface area contributed by atoms with Crippen LogP contribution in [0.25, 0.3) is 0 Å². The molecule has 0 spiro atoms. The molecule has 0 aliphatic rings. The molecule has 188 valence electrons. The molecule has 2 aromatic carbocycles. The maximum absolute atomic E-state index is 12.7. The number of nitrogens with one attached hydrogen (secondary N) is 1. The third kappa shape index (κ3) is 6.47. The summed E-state index contributed by atoms with van der Waals surface area (Å²) in [6.07, 6.45) is -1.21. The summed E-state index contributed by atoms with van der Waals surface area (Å²) in [5, 5.41) is 0. The van der Waals surface area contributed by atoms with Gasteiger partial charge in [-0.3, -0.25) is 0 Å². The van der Waals surface area contributed by atoms with Crippen LogP contribution < -0.4 is 27.9 Å². The molecular formula is C24H33NO8S. The van der Waals surface area contributed by atoms with Crippen LogP contribution in [0.5, 0.6) is 28.7 Å². The normalized spacial score (nSPS) is 12.0. The van der Waals surface area contributed by atoms with E-state index in [2.05, 4.69) is 0 Å². The summed E-state index contributed by atoms with van der Waals surface area (Å²) in [6.45, 7) is 11.8. The largest absolute Gasteiger partial charge is 0.496 e. The second-order valence-corrected chi connectivity index (χ2v) is 10.9. The predicted octanol–water partition coefficient (Wildman–Crippen LogP) is 4.72. The Hall–Kier alpha value is -3.14. The van der Waals surface area contributed by atoms with Crippen LogP contribution in [0.4, 0.5) is 4.79 Å². The Bertz CT molecular complexity index is 1090. The van der Waals surface area contributed by atoms with Gasteiger partial charge in [0.15, 0.2) is 11.5 Å². The Labute approximate surface area is 201 Å². The Morgan fingerprint density at radius 2 is 1.26 bits per heavy atom. The van der Waals surface area contributed by atoms with Crippen LogP contribution in [0.2, 0.25) is 0 Å². The predicted molar refractivity (Wildman–Crippen MR) is 129 cm³/mol. The summed E-state index contributed by atoms with van der Waals surface area (Å²) in [5.74, 6) is 0.469. The van der Waals surface area contributed by atoms with E-state index < -0.39 is 16.4 Å². The molecule has 0 aliphatic carbocycles. The molecule has 0 aliphatic heterocycles. The van der Waals surface area contributed by atoms with E-state index >= 15 is 0 Å². The molecular weight excluding hydrogens is 462 g/mol. The van der Waals surface area contributed by atoms with Crippen LogP contribution in [0, 0.1) is 0 Å². The molecule has 1 amide bonds. The van der Waals surface area contributed by atoms with Gasteiger partial charge in [0.1, 0.15) is 11.5 Å². The first kappa shape index (κ1) is 27.1. The number of hydrogen-bond acceptors (Lipinski definition) is 8. The molecule has 0 aromatic heterocycles. The minimum Gasteiger partial charge on any atom is -0.496 e. The van der Waals surface area contributed by atoms with Crippen molar-refractivity contribution < 1.29 is 36.3 Å². The van der Waals surface area contributed by atoms with Gasteiger partial charge in [-0.2, -0.15) is 13.1 Å². The zero-order valence-electron chi connectivity index (χ0n) is 21.1. The van der Waals surface area contributed by atoms with Gasteiger partial charge in [-0.1, -0.05) is 59.7 Å². The van der Waals surface area contributed by atoms with E-state index in [1.807, 2.05) is 59.7 Å². The minimum atomic E-state index is -4.66. The maximum Gasteiger partial charge on any atom is 0.429 e. The summed E-state index contributed by atoms with van der Waals surface area (Å²) < 4.78 is 53.3. The average Bonchev–Trinajstić information content (AvgIpc) is 2.71. The number of benzene rings is 2. The average molecular weight is 496 g/mol. The fourth-order valence-corrected chi connectivity index (χ4v) is 3.90. The van der Waals surface area contributed by atoms with E-state index in [1.54, 1.807) is 4.72 Å². The Kier molecular flexibility index (Phi) is 7.98. The first-order valence-electron chi connectivity index (χ1n) is 10.5. The van der Waals surface area contributed by atoms with Crippen molar-refractivity contribution in [3.05, 3.63) is 41.5 Å². The molecule has 2 aromatic rings. The van der Waals surface area contributed by atoms with Gasteiger partial charge in [0.25, 0.3) is 0 Å². The Morgan fingerprint density at radius 3 is 1.65 bits per heavy atom. The monoisotopic (exact) mass is 495 g/mol. The fraction of sp³-hybridized carbons (Fsp3) is 0.458. The minimum absolute atomic E-state index is 0.0306. The number of carbonyl (C=O) groups is 1. The fourth-order valence-electron chi connectivity index (χ4n) is 3.23. The second-order valence-electron chi connectivity index (χ2n) is 9.57. The van der Waals surface area contributed by atoms with Crippen molar-refractivity contribution in [1.82, 2.24) is 4.72 Å². The van der Waals surface area contributed by atoms with Crippen LogP contribution >= 0.6 is 0 Å². The highest BCUT2D eigenvalue weighted by molar-refractivity contribution is 7.85. The summed E-state index contributed by atoms with van der Waals surface area (Å²) in [7, 11) is -0.573.